The predicted molar refractivity (Wildman–Crippen MR) is 109 cm³/mol. The third kappa shape index (κ3) is 4.12. The maximum Gasteiger partial charge on any atom is 0.352 e. The van der Waals surface area contributed by atoms with Gasteiger partial charge in [0.1, 0.15) is 11.4 Å². The lowest BCUT2D eigenvalue weighted by Crippen LogP contribution is -2.04. The van der Waals surface area contributed by atoms with Gasteiger partial charge >= 0.3 is 5.97 Å². The number of rotatable bonds is 7. The molecule has 1 N–H and O–H groups in total. The van der Waals surface area contributed by atoms with Gasteiger partial charge in [-0.05, 0) is 23.8 Å². The molecule has 0 spiro atoms. The molecule has 0 saturated heterocycles. The Hall–Kier alpha value is -3.64. The first kappa shape index (κ1) is 18.7. The maximum absolute atomic E-state index is 11.4. The molecule has 29 heavy (non-hydrogen) atoms. The lowest BCUT2D eigenvalue weighted by atomic mass is 10.2. The Labute approximate surface area is 168 Å². The van der Waals surface area contributed by atoms with Crippen LogP contribution in [0.5, 0.6) is 11.5 Å². The minimum absolute atomic E-state index is 0.209. The molecule has 0 amide bonds. The van der Waals surface area contributed by atoms with Crippen molar-refractivity contribution in [2.45, 2.75) is 13.2 Å². The molecule has 0 atom stereocenters. The molecule has 0 saturated carbocycles. The number of hydrogen-bond donors (Lipinski definition) is 1. The van der Waals surface area contributed by atoms with E-state index in [1.807, 2.05) is 54.6 Å². The fourth-order valence-corrected chi connectivity index (χ4v) is 3.24. The summed E-state index contributed by atoms with van der Waals surface area (Å²) in [4.78, 5) is 15.8. The number of para-hydroxylation sites is 1. The normalized spacial score (nSPS) is 10.9. The minimum atomic E-state index is -0.976. The number of ether oxygens (including phenoxy) is 2. The second-order valence-corrected chi connectivity index (χ2v) is 6.65. The third-order valence-corrected chi connectivity index (χ3v) is 4.62. The number of fused-ring (bicyclic) bond motifs is 1. The second-order valence-electron chi connectivity index (χ2n) is 6.65. The number of nitrogens with zero attached hydrogens (tertiary/aromatic N) is 2. The highest BCUT2D eigenvalue weighted by molar-refractivity contribution is 5.96. The van der Waals surface area contributed by atoms with Gasteiger partial charge in [-0.15, -0.1) is 0 Å². The van der Waals surface area contributed by atoms with Crippen LogP contribution in [-0.2, 0) is 25.0 Å². The molecule has 4 aromatic rings. The van der Waals surface area contributed by atoms with Gasteiger partial charge in [-0.1, -0.05) is 42.5 Å². The molecule has 0 aliphatic heterocycles. The van der Waals surface area contributed by atoms with E-state index < -0.39 is 5.97 Å². The molecule has 0 fully saturated rings. The molecular weight excluding hydrogens is 368 g/mol. The Bertz CT molecular complexity index is 1150. The van der Waals surface area contributed by atoms with Crippen molar-refractivity contribution >= 4 is 16.9 Å². The second kappa shape index (κ2) is 8.16. The highest BCUT2D eigenvalue weighted by Gasteiger charge is 2.15. The van der Waals surface area contributed by atoms with Crippen molar-refractivity contribution in [3.8, 4) is 11.5 Å². The van der Waals surface area contributed by atoms with E-state index in [0.717, 1.165) is 22.2 Å². The van der Waals surface area contributed by atoms with Crippen LogP contribution >= 0.6 is 0 Å². The summed E-state index contributed by atoms with van der Waals surface area (Å²) in [6.07, 6.45) is 1.67. The summed E-state index contributed by atoms with van der Waals surface area (Å²) < 4.78 is 13.4. The summed E-state index contributed by atoms with van der Waals surface area (Å²) in [6.45, 7) is 0.873. The van der Waals surface area contributed by atoms with E-state index in [-0.39, 0.29) is 5.69 Å². The van der Waals surface area contributed by atoms with Crippen LogP contribution in [0.15, 0.2) is 72.9 Å². The Balaban J connectivity index is 1.51. The van der Waals surface area contributed by atoms with E-state index in [4.69, 9.17) is 9.47 Å². The Morgan fingerprint density at radius 1 is 1.03 bits per heavy atom. The number of carbonyl (C=O) groups is 1. The summed E-state index contributed by atoms with van der Waals surface area (Å²) in [5.74, 6) is 0.222. The molecule has 2 heterocycles. The first-order valence-corrected chi connectivity index (χ1v) is 9.18. The van der Waals surface area contributed by atoms with Gasteiger partial charge in [0, 0.05) is 24.7 Å². The Morgan fingerprint density at radius 3 is 2.66 bits per heavy atom. The molecule has 2 aromatic carbocycles. The SMILES string of the molecule is Cn1c(C(=O)O)cc2cccc(Oc3ccnc(COCc4ccccc4)c3)c21. The zero-order valence-corrected chi connectivity index (χ0v) is 15.9. The molecule has 0 aliphatic carbocycles. The zero-order chi connectivity index (χ0) is 20.2. The summed E-state index contributed by atoms with van der Waals surface area (Å²) >= 11 is 0. The number of benzene rings is 2. The van der Waals surface area contributed by atoms with Crippen LogP contribution in [0.25, 0.3) is 10.9 Å². The summed E-state index contributed by atoms with van der Waals surface area (Å²) in [5.41, 5.74) is 2.79. The molecule has 6 nitrogen and oxygen atoms in total. The van der Waals surface area contributed by atoms with E-state index in [0.29, 0.717) is 24.7 Å². The number of aromatic nitrogens is 2. The van der Waals surface area contributed by atoms with Crippen molar-refractivity contribution in [1.29, 1.82) is 0 Å². The minimum Gasteiger partial charge on any atom is -0.477 e. The molecule has 0 aliphatic rings. The van der Waals surface area contributed by atoms with Crippen LogP contribution in [0.2, 0.25) is 0 Å². The lowest BCUT2D eigenvalue weighted by Gasteiger charge is -2.10. The van der Waals surface area contributed by atoms with Gasteiger partial charge in [0.15, 0.2) is 5.75 Å². The quantitative estimate of drug-likeness (QED) is 0.493. The summed E-state index contributed by atoms with van der Waals surface area (Å²) in [7, 11) is 1.72. The largest absolute Gasteiger partial charge is 0.477 e. The van der Waals surface area contributed by atoms with Crippen LogP contribution in [0.4, 0.5) is 0 Å². The van der Waals surface area contributed by atoms with Gasteiger partial charge in [-0.2, -0.15) is 0 Å². The molecule has 2 aromatic heterocycles. The Kier molecular flexibility index (Phi) is 5.27. The van der Waals surface area contributed by atoms with Crippen molar-refractivity contribution in [2.75, 3.05) is 0 Å². The zero-order valence-electron chi connectivity index (χ0n) is 15.9. The van der Waals surface area contributed by atoms with E-state index >= 15 is 0 Å². The smallest absolute Gasteiger partial charge is 0.352 e. The summed E-state index contributed by atoms with van der Waals surface area (Å²) in [6, 6.07) is 20.7. The molecule has 0 bridgehead atoms. The molecule has 0 unspecified atom stereocenters. The van der Waals surface area contributed by atoms with Gasteiger partial charge in [0.05, 0.1) is 24.4 Å². The van der Waals surface area contributed by atoms with Crippen molar-refractivity contribution in [2.24, 2.45) is 7.05 Å². The van der Waals surface area contributed by atoms with Gasteiger partial charge < -0.3 is 19.1 Å². The highest BCUT2D eigenvalue weighted by Crippen LogP contribution is 2.32. The fourth-order valence-electron chi connectivity index (χ4n) is 3.24. The number of aryl methyl sites for hydroxylation is 1. The topological polar surface area (TPSA) is 73.6 Å². The van der Waals surface area contributed by atoms with Crippen molar-refractivity contribution in [3.63, 3.8) is 0 Å². The number of hydrogen-bond acceptors (Lipinski definition) is 4. The summed E-state index contributed by atoms with van der Waals surface area (Å²) in [5, 5.41) is 10.2. The van der Waals surface area contributed by atoms with Crippen molar-refractivity contribution in [1.82, 2.24) is 9.55 Å². The van der Waals surface area contributed by atoms with Crippen molar-refractivity contribution < 1.29 is 19.4 Å². The number of carboxylic acids is 1. The molecule has 146 valence electrons. The molecular formula is C23H20N2O4. The van der Waals surface area contributed by atoms with Crippen LogP contribution in [0.3, 0.4) is 0 Å². The maximum atomic E-state index is 11.4. The monoisotopic (exact) mass is 388 g/mol. The van der Waals surface area contributed by atoms with E-state index in [2.05, 4.69) is 4.98 Å². The predicted octanol–water partition coefficient (Wildman–Crippen LogP) is 4.78. The average molecular weight is 388 g/mol. The van der Waals surface area contributed by atoms with Crippen LogP contribution in [-0.4, -0.2) is 20.6 Å². The van der Waals surface area contributed by atoms with E-state index in [1.165, 1.54) is 0 Å². The third-order valence-electron chi connectivity index (χ3n) is 4.62. The van der Waals surface area contributed by atoms with Gasteiger partial charge in [0.25, 0.3) is 0 Å². The first-order valence-electron chi connectivity index (χ1n) is 9.18. The van der Waals surface area contributed by atoms with Crippen molar-refractivity contribution in [3.05, 3.63) is 89.9 Å². The van der Waals surface area contributed by atoms with E-state index in [9.17, 15) is 9.90 Å². The van der Waals surface area contributed by atoms with Gasteiger partial charge in [-0.25, -0.2) is 4.79 Å². The lowest BCUT2D eigenvalue weighted by molar-refractivity contribution is 0.0687. The Morgan fingerprint density at radius 2 is 1.86 bits per heavy atom. The fraction of sp³-hybridized carbons (Fsp3) is 0.130. The standard InChI is InChI=1S/C23H20N2O4/c1-25-20(23(26)27)12-17-8-5-9-21(22(17)25)29-19-10-11-24-18(13-19)15-28-14-16-6-3-2-4-7-16/h2-13H,14-15H2,1H3,(H,26,27). The molecule has 4 rings (SSSR count). The average Bonchev–Trinajstić information content (AvgIpc) is 3.07. The first-order chi connectivity index (χ1) is 14.1. The van der Waals surface area contributed by atoms with Crippen LogP contribution in [0.1, 0.15) is 21.7 Å². The highest BCUT2D eigenvalue weighted by atomic mass is 16.5. The molecule has 0 radical (unpaired) electrons. The van der Waals surface area contributed by atoms with E-state index in [1.54, 1.807) is 29.9 Å². The van der Waals surface area contributed by atoms with Gasteiger partial charge in [-0.3, -0.25) is 4.98 Å². The molecule has 6 heteroatoms. The van der Waals surface area contributed by atoms with Crippen LogP contribution < -0.4 is 4.74 Å². The van der Waals surface area contributed by atoms with Gasteiger partial charge in [0.2, 0.25) is 0 Å². The van der Waals surface area contributed by atoms with Crippen LogP contribution in [0, 0.1) is 0 Å². The number of pyridine rings is 1. The number of aromatic carboxylic acids is 1. The number of carboxylic acid groups (broad SMARTS) is 1.